The molecule has 0 saturated carbocycles. The van der Waals surface area contributed by atoms with Crippen LogP contribution in [0.5, 0.6) is 0 Å². The summed E-state index contributed by atoms with van der Waals surface area (Å²) in [5.41, 5.74) is 7.52. The minimum atomic E-state index is -1.56. The Hall–Kier alpha value is -3.36. The van der Waals surface area contributed by atoms with E-state index in [2.05, 4.69) is 20.1 Å². The SMILES string of the molecule is Cn1cc(-c2cnc(N)c(-c3nc4cc(F)c(F)c(F)c4[nH]3)c2)cn1. The summed E-state index contributed by atoms with van der Waals surface area (Å²) in [7, 11) is 1.78. The average molecular weight is 344 g/mol. The van der Waals surface area contributed by atoms with Crippen LogP contribution in [-0.4, -0.2) is 24.7 Å². The fraction of sp³-hybridized carbons (Fsp3) is 0.0625. The van der Waals surface area contributed by atoms with Gasteiger partial charge in [0.25, 0.3) is 0 Å². The van der Waals surface area contributed by atoms with Crippen LogP contribution in [0.25, 0.3) is 33.5 Å². The Labute approximate surface area is 139 Å². The molecule has 0 saturated heterocycles. The number of aromatic nitrogens is 5. The minimum Gasteiger partial charge on any atom is -0.383 e. The number of nitrogen functional groups attached to an aromatic ring is 1. The number of fused-ring (bicyclic) bond motifs is 1. The molecule has 0 atom stereocenters. The number of halogens is 3. The first-order valence-corrected chi connectivity index (χ1v) is 7.22. The summed E-state index contributed by atoms with van der Waals surface area (Å²) in [4.78, 5) is 10.9. The molecule has 4 aromatic rings. The van der Waals surface area contributed by atoms with Gasteiger partial charge in [-0.15, -0.1) is 0 Å². The maximum atomic E-state index is 13.9. The molecule has 0 aliphatic heterocycles. The molecular formula is C16H11F3N6. The zero-order valence-corrected chi connectivity index (χ0v) is 12.9. The van der Waals surface area contributed by atoms with Gasteiger partial charge in [0.2, 0.25) is 0 Å². The van der Waals surface area contributed by atoms with Crippen LogP contribution in [0.3, 0.4) is 0 Å². The first-order chi connectivity index (χ1) is 11.9. The summed E-state index contributed by atoms with van der Waals surface area (Å²) in [5, 5.41) is 4.08. The van der Waals surface area contributed by atoms with Gasteiger partial charge in [0.1, 0.15) is 17.2 Å². The quantitative estimate of drug-likeness (QED) is 0.547. The van der Waals surface area contributed by atoms with Crippen molar-refractivity contribution in [1.29, 1.82) is 0 Å². The van der Waals surface area contributed by atoms with Crippen molar-refractivity contribution in [3.8, 4) is 22.5 Å². The Kier molecular flexibility index (Phi) is 3.24. The summed E-state index contributed by atoms with van der Waals surface area (Å²) < 4.78 is 42.3. The van der Waals surface area contributed by atoms with E-state index in [1.807, 2.05) is 0 Å². The van der Waals surface area contributed by atoms with Gasteiger partial charge in [0, 0.05) is 36.6 Å². The molecule has 3 aromatic heterocycles. The van der Waals surface area contributed by atoms with Crippen molar-refractivity contribution < 1.29 is 13.2 Å². The second-order valence-corrected chi connectivity index (χ2v) is 5.53. The highest BCUT2D eigenvalue weighted by molar-refractivity contribution is 5.83. The molecule has 25 heavy (non-hydrogen) atoms. The number of nitrogens with zero attached hydrogens (tertiary/aromatic N) is 4. The maximum absolute atomic E-state index is 13.9. The Balaban J connectivity index is 1.89. The second-order valence-electron chi connectivity index (χ2n) is 5.53. The topological polar surface area (TPSA) is 85.4 Å². The van der Waals surface area contributed by atoms with Crippen molar-refractivity contribution in [2.45, 2.75) is 0 Å². The summed E-state index contributed by atoms with van der Waals surface area (Å²) >= 11 is 0. The van der Waals surface area contributed by atoms with E-state index >= 15 is 0 Å². The molecular weight excluding hydrogens is 333 g/mol. The molecule has 0 unspecified atom stereocenters. The Morgan fingerprint density at radius 3 is 2.60 bits per heavy atom. The summed E-state index contributed by atoms with van der Waals surface area (Å²) in [6.07, 6.45) is 5.01. The van der Waals surface area contributed by atoms with Gasteiger partial charge in [-0.25, -0.2) is 23.1 Å². The number of rotatable bonds is 2. The molecule has 1 aromatic carbocycles. The highest BCUT2D eigenvalue weighted by Crippen LogP contribution is 2.30. The van der Waals surface area contributed by atoms with Crippen LogP contribution in [0.1, 0.15) is 0 Å². The predicted molar refractivity (Wildman–Crippen MR) is 85.8 cm³/mol. The number of H-pyrrole nitrogens is 1. The van der Waals surface area contributed by atoms with Crippen molar-refractivity contribution in [2.75, 3.05) is 5.73 Å². The normalized spacial score (nSPS) is 11.4. The largest absolute Gasteiger partial charge is 0.383 e. The van der Waals surface area contributed by atoms with E-state index in [-0.39, 0.29) is 22.7 Å². The molecule has 0 aliphatic carbocycles. The Morgan fingerprint density at radius 2 is 1.88 bits per heavy atom. The molecule has 126 valence electrons. The molecule has 0 amide bonds. The minimum absolute atomic E-state index is 0.0439. The van der Waals surface area contributed by atoms with Gasteiger partial charge >= 0.3 is 0 Å². The molecule has 0 bridgehead atoms. The average Bonchev–Trinajstić information content (AvgIpc) is 3.20. The van der Waals surface area contributed by atoms with E-state index in [1.165, 1.54) is 0 Å². The van der Waals surface area contributed by atoms with Gasteiger partial charge in [-0.3, -0.25) is 4.68 Å². The maximum Gasteiger partial charge on any atom is 0.196 e. The van der Waals surface area contributed by atoms with E-state index < -0.39 is 17.5 Å². The number of nitrogens with two attached hydrogens (primary N) is 1. The van der Waals surface area contributed by atoms with Gasteiger partial charge in [-0.1, -0.05) is 0 Å². The fourth-order valence-corrected chi connectivity index (χ4v) is 2.58. The molecule has 3 N–H and O–H groups in total. The standard InChI is InChI=1S/C16H11F3N6/c1-25-6-8(5-22-25)7-2-9(15(20)21-4-7)16-23-11-3-10(17)12(18)13(19)14(11)24-16/h2-6H,1H3,(H2,20,21)(H,23,24). The number of pyridine rings is 1. The summed E-state index contributed by atoms with van der Waals surface area (Å²) in [6.45, 7) is 0. The Bertz CT molecular complexity index is 1110. The number of nitrogens with one attached hydrogen (secondary N) is 1. The van der Waals surface area contributed by atoms with E-state index in [0.717, 1.165) is 17.2 Å². The van der Waals surface area contributed by atoms with Crippen LogP contribution in [0.15, 0.2) is 30.7 Å². The molecule has 0 radical (unpaired) electrons. The van der Waals surface area contributed by atoms with Crippen LogP contribution in [0.4, 0.5) is 19.0 Å². The molecule has 0 aliphatic rings. The lowest BCUT2D eigenvalue weighted by atomic mass is 10.1. The van der Waals surface area contributed by atoms with Crippen LogP contribution < -0.4 is 5.73 Å². The van der Waals surface area contributed by atoms with Crippen LogP contribution in [0, 0.1) is 17.5 Å². The second kappa shape index (κ2) is 5.33. The molecule has 4 rings (SSSR count). The number of hydrogen-bond donors (Lipinski definition) is 2. The first kappa shape index (κ1) is 15.2. The number of aromatic amines is 1. The van der Waals surface area contributed by atoms with Gasteiger partial charge in [0.15, 0.2) is 17.5 Å². The van der Waals surface area contributed by atoms with Crippen molar-refractivity contribution >= 4 is 16.9 Å². The third-order valence-corrected chi connectivity index (χ3v) is 3.83. The molecule has 0 fully saturated rings. The van der Waals surface area contributed by atoms with Crippen molar-refractivity contribution in [3.63, 3.8) is 0 Å². The van der Waals surface area contributed by atoms with E-state index in [9.17, 15) is 13.2 Å². The monoisotopic (exact) mass is 344 g/mol. The van der Waals surface area contributed by atoms with Crippen molar-refractivity contribution in [3.05, 3.63) is 48.2 Å². The van der Waals surface area contributed by atoms with Crippen LogP contribution in [0.2, 0.25) is 0 Å². The molecule has 0 spiro atoms. The van der Waals surface area contributed by atoms with Crippen LogP contribution in [-0.2, 0) is 7.05 Å². The fourth-order valence-electron chi connectivity index (χ4n) is 2.58. The number of imidazole rings is 1. The summed E-state index contributed by atoms with van der Waals surface area (Å²) in [6, 6.07) is 2.52. The predicted octanol–water partition coefficient (Wildman–Crippen LogP) is 3.02. The van der Waals surface area contributed by atoms with Gasteiger partial charge in [0.05, 0.1) is 17.3 Å². The molecule has 6 nitrogen and oxygen atoms in total. The van der Waals surface area contributed by atoms with Gasteiger partial charge in [-0.2, -0.15) is 5.10 Å². The van der Waals surface area contributed by atoms with Crippen LogP contribution >= 0.6 is 0 Å². The van der Waals surface area contributed by atoms with E-state index in [0.29, 0.717) is 5.56 Å². The lowest BCUT2D eigenvalue weighted by Gasteiger charge is -2.04. The van der Waals surface area contributed by atoms with E-state index in [1.54, 1.807) is 36.4 Å². The number of aryl methyl sites for hydroxylation is 1. The Morgan fingerprint density at radius 1 is 1.08 bits per heavy atom. The first-order valence-electron chi connectivity index (χ1n) is 7.22. The number of anilines is 1. The van der Waals surface area contributed by atoms with Gasteiger partial charge < -0.3 is 10.7 Å². The highest BCUT2D eigenvalue weighted by Gasteiger charge is 2.19. The van der Waals surface area contributed by atoms with Gasteiger partial charge in [-0.05, 0) is 6.07 Å². The zero-order valence-electron chi connectivity index (χ0n) is 12.9. The summed E-state index contributed by atoms with van der Waals surface area (Å²) in [5.74, 6) is -3.89. The lowest BCUT2D eigenvalue weighted by molar-refractivity contribution is 0.452. The molecule has 9 heteroatoms. The lowest BCUT2D eigenvalue weighted by Crippen LogP contribution is -1.96. The van der Waals surface area contributed by atoms with E-state index in [4.69, 9.17) is 5.73 Å². The number of hydrogen-bond acceptors (Lipinski definition) is 4. The number of benzene rings is 1. The van der Waals surface area contributed by atoms with Crippen molar-refractivity contribution in [2.24, 2.45) is 7.05 Å². The smallest absolute Gasteiger partial charge is 0.196 e. The third-order valence-electron chi connectivity index (χ3n) is 3.83. The highest BCUT2D eigenvalue weighted by atomic mass is 19.2. The zero-order chi connectivity index (χ0) is 17.7. The van der Waals surface area contributed by atoms with Crippen molar-refractivity contribution in [1.82, 2.24) is 24.7 Å². The molecule has 3 heterocycles. The third kappa shape index (κ3) is 2.40.